The molecule has 9 nitrogen and oxygen atoms in total. The Hall–Kier alpha value is -2.69. The van der Waals surface area contributed by atoms with Gasteiger partial charge in [-0.2, -0.15) is 0 Å². The van der Waals surface area contributed by atoms with Gasteiger partial charge in [0.1, 0.15) is 5.75 Å². The first-order valence-electron chi connectivity index (χ1n) is 10.8. The summed E-state index contributed by atoms with van der Waals surface area (Å²) in [7, 11) is -1.75. The molecule has 0 spiro atoms. The highest BCUT2D eigenvalue weighted by Gasteiger charge is 2.31. The van der Waals surface area contributed by atoms with Crippen molar-refractivity contribution in [1.82, 2.24) is 20.3 Å². The van der Waals surface area contributed by atoms with E-state index in [0.29, 0.717) is 24.3 Å². The fourth-order valence-corrected chi connectivity index (χ4v) is 4.83. The van der Waals surface area contributed by atoms with Crippen molar-refractivity contribution in [2.24, 2.45) is 0 Å². The summed E-state index contributed by atoms with van der Waals surface area (Å²) >= 11 is 0. The highest BCUT2D eigenvalue weighted by Crippen LogP contribution is 2.36. The van der Waals surface area contributed by atoms with Gasteiger partial charge in [-0.1, -0.05) is 20.8 Å². The molecule has 3 rings (SSSR count). The van der Waals surface area contributed by atoms with Crippen LogP contribution in [0.3, 0.4) is 0 Å². The molecule has 33 heavy (non-hydrogen) atoms. The van der Waals surface area contributed by atoms with Crippen LogP contribution >= 0.6 is 0 Å². The summed E-state index contributed by atoms with van der Waals surface area (Å²) < 4.78 is 31.1. The lowest BCUT2D eigenvalue weighted by Gasteiger charge is -2.25. The lowest BCUT2D eigenvalue weighted by Crippen LogP contribution is -2.40. The maximum Gasteiger partial charge on any atom is 0.255 e. The maximum absolute atomic E-state index is 12.8. The van der Waals surface area contributed by atoms with E-state index in [-0.39, 0.29) is 29.5 Å². The van der Waals surface area contributed by atoms with Crippen LogP contribution in [0.1, 0.15) is 38.3 Å². The molecular weight excluding hydrogens is 444 g/mol. The average molecular weight is 477 g/mol. The van der Waals surface area contributed by atoms with Crippen LogP contribution in [0.4, 0.5) is 0 Å². The number of carbonyl (C=O) groups is 1. The Bertz CT molecular complexity index is 1180. The lowest BCUT2D eigenvalue weighted by atomic mass is 9.83. The second kappa shape index (κ2) is 9.66. The topological polar surface area (TPSA) is 129 Å². The molecule has 0 aliphatic carbocycles. The van der Waals surface area contributed by atoms with Gasteiger partial charge in [-0.25, -0.2) is 13.1 Å². The summed E-state index contributed by atoms with van der Waals surface area (Å²) in [6.45, 7) is 6.77. The molecule has 0 bridgehead atoms. The van der Waals surface area contributed by atoms with Crippen LogP contribution in [-0.4, -0.2) is 51.3 Å². The van der Waals surface area contributed by atoms with Crippen LogP contribution in [0.15, 0.2) is 35.3 Å². The number of aromatic amines is 1. The first-order valence-corrected chi connectivity index (χ1v) is 12.7. The molecule has 1 saturated heterocycles. The smallest absolute Gasteiger partial charge is 0.255 e. The number of sulfonamides is 1. The minimum atomic E-state index is -3.34. The highest BCUT2D eigenvalue weighted by atomic mass is 32.2. The second-order valence-electron chi connectivity index (χ2n) is 9.37. The van der Waals surface area contributed by atoms with E-state index in [9.17, 15) is 18.0 Å². The summed E-state index contributed by atoms with van der Waals surface area (Å²) in [5, 5.41) is 5.97. The van der Waals surface area contributed by atoms with Gasteiger partial charge in [0.15, 0.2) is 0 Å². The molecule has 2 atom stereocenters. The first kappa shape index (κ1) is 24.9. The Kier molecular flexibility index (Phi) is 7.30. The number of nitrogens with one attached hydrogen (secondary N) is 4. The molecule has 0 unspecified atom stereocenters. The third-order valence-corrected chi connectivity index (χ3v) is 6.38. The summed E-state index contributed by atoms with van der Waals surface area (Å²) in [5.74, 6) is 0.443. The summed E-state index contributed by atoms with van der Waals surface area (Å²) in [4.78, 5) is 28.0. The van der Waals surface area contributed by atoms with Gasteiger partial charge >= 0.3 is 0 Å². The van der Waals surface area contributed by atoms with Gasteiger partial charge in [0, 0.05) is 36.5 Å². The number of carbonyl (C=O) groups excluding carboxylic acids is 1. The monoisotopic (exact) mass is 476 g/mol. The Balaban J connectivity index is 1.87. The highest BCUT2D eigenvalue weighted by molar-refractivity contribution is 7.88. The number of ether oxygens (including phenoxy) is 1. The SMILES string of the molecule is COc1cc(CNC(=O)[C@@H]2C[C@H](NS(C)(=O)=O)CN2)c(-c2ccc[nH]c2=O)cc1C(C)(C)C. The molecule has 1 amide bonds. The molecule has 10 heteroatoms. The van der Waals surface area contributed by atoms with Gasteiger partial charge in [0.25, 0.3) is 5.56 Å². The molecule has 2 heterocycles. The number of aromatic nitrogens is 1. The molecule has 1 aromatic heterocycles. The largest absolute Gasteiger partial charge is 0.496 e. The predicted molar refractivity (Wildman–Crippen MR) is 128 cm³/mol. The van der Waals surface area contributed by atoms with Crippen LogP contribution in [0.25, 0.3) is 11.1 Å². The molecule has 1 aliphatic heterocycles. The van der Waals surface area contributed by atoms with E-state index in [1.165, 1.54) is 0 Å². The molecular formula is C23H32N4O5S. The van der Waals surface area contributed by atoms with E-state index < -0.39 is 16.1 Å². The molecule has 4 N–H and O–H groups in total. The Morgan fingerprint density at radius 3 is 2.58 bits per heavy atom. The summed E-state index contributed by atoms with van der Waals surface area (Å²) in [6.07, 6.45) is 3.03. The van der Waals surface area contributed by atoms with Crippen molar-refractivity contribution in [2.45, 2.75) is 51.2 Å². The molecule has 180 valence electrons. The van der Waals surface area contributed by atoms with Gasteiger partial charge in [0.2, 0.25) is 15.9 Å². The molecule has 0 radical (unpaired) electrons. The van der Waals surface area contributed by atoms with Crippen molar-refractivity contribution in [1.29, 1.82) is 0 Å². The normalized spacial score (nSPS) is 18.8. The summed E-state index contributed by atoms with van der Waals surface area (Å²) in [5.41, 5.74) is 2.48. The molecule has 1 aromatic carbocycles. The van der Waals surface area contributed by atoms with Crippen molar-refractivity contribution >= 4 is 15.9 Å². The standard InChI is InChI=1S/C23H32N4O5S/c1-23(2,3)18-11-17(16-7-6-8-24-21(16)28)14(9-20(18)32-4)12-26-22(29)19-10-15(13-25-19)27-33(5,30)31/h6-9,11,15,19,25,27H,10,12-13H2,1-5H3,(H,24,28)(H,26,29)/t15-,19-/m0/s1. The van der Waals surface area contributed by atoms with E-state index in [1.807, 2.05) is 12.1 Å². The zero-order chi connectivity index (χ0) is 24.4. The van der Waals surface area contributed by atoms with Crippen LogP contribution in [-0.2, 0) is 26.8 Å². The van der Waals surface area contributed by atoms with E-state index in [2.05, 4.69) is 41.1 Å². The van der Waals surface area contributed by atoms with Crippen molar-refractivity contribution < 1.29 is 17.9 Å². The first-order chi connectivity index (χ1) is 15.4. The third-order valence-electron chi connectivity index (χ3n) is 5.62. The van der Waals surface area contributed by atoms with Crippen LogP contribution in [0, 0.1) is 0 Å². The van der Waals surface area contributed by atoms with Gasteiger partial charge < -0.3 is 20.4 Å². The van der Waals surface area contributed by atoms with Gasteiger partial charge in [0.05, 0.1) is 19.4 Å². The predicted octanol–water partition coefficient (Wildman–Crippen LogP) is 1.24. The zero-order valence-electron chi connectivity index (χ0n) is 19.6. The zero-order valence-corrected chi connectivity index (χ0v) is 20.4. The van der Waals surface area contributed by atoms with Crippen molar-refractivity contribution in [3.8, 4) is 16.9 Å². The number of methoxy groups -OCH3 is 1. The number of rotatable bonds is 7. The fourth-order valence-electron chi connectivity index (χ4n) is 4.04. The Labute approximate surface area is 194 Å². The number of hydrogen-bond donors (Lipinski definition) is 4. The number of pyridine rings is 1. The lowest BCUT2D eigenvalue weighted by molar-refractivity contribution is -0.122. The van der Waals surface area contributed by atoms with Crippen molar-refractivity contribution in [3.63, 3.8) is 0 Å². The number of H-pyrrole nitrogens is 1. The average Bonchev–Trinajstić information content (AvgIpc) is 3.18. The van der Waals surface area contributed by atoms with Gasteiger partial charge in [-0.3, -0.25) is 9.59 Å². The van der Waals surface area contributed by atoms with Crippen molar-refractivity contribution in [2.75, 3.05) is 19.9 Å². The van der Waals surface area contributed by atoms with Crippen molar-refractivity contribution in [3.05, 3.63) is 51.9 Å². The molecule has 1 fully saturated rings. The molecule has 2 aromatic rings. The van der Waals surface area contributed by atoms with E-state index in [4.69, 9.17) is 4.74 Å². The van der Waals surface area contributed by atoms with E-state index >= 15 is 0 Å². The second-order valence-corrected chi connectivity index (χ2v) is 11.2. The van der Waals surface area contributed by atoms with Crippen LogP contribution in [0.2, 0.25) is 0 Å². The molecule has 0 saturated carbocycles. The number of hydrogen-bond acceptors (Lipinski definition) is 6. The minimum Gasteiger partial charge on any atom is -0.496 e. The van der Waals surface area contributed by atoms with Crippen LogP contribution < -0.4 is 25.7 Å². The molecule has 1 aliphatic rings. The number of benzene rings is 1. The fraction of sp³-hybridized carbons (Fsp3) is 0.478. The quantitative estimate of drug-likeness (QED) is 0.476. The number of amides is 1. The minimum absolute atomic E-state index is 0.186. The Morgan fingerprint density at radius 2 is 1.97 bits per heavy atom. The van der Waals surface area contributed by atoms with E-state index in [0.717, 1.165) is 22.9 Å². The maximum atomic E-state index is 12.8. The third kappa shape index (κ3) is 6.21. The summed E-state index contributed by atoms with van der Waals surface area (Å²) in [6, 6.07) is 6.48. The van der Waals surface area contributed by atoms with Gasteiger partial charge in [-0.15, -0.1) is 0 Å². The van der Waals surface area contributed by atoms with Gasteiger partial charge in [-0.05, 0) is 47.2 Å². The van der Waals surface area contributed by atoms with E-state index in [1.54, 1.807) is 25.4 Å². The Morgan fingerprint density at radius 1 is 1.24 bits per heavy atom. The van der Waals surface area contributed by atoms with Crippen LogP contribution in [0.5, 0.6) is 5.75 Å².